The van der Waals surface area contributed by atoms with Crippen molar-refractivity contribution in [3.63, 3.8) is 0 Å². The van der Waals surface area contributed by atoms with Crippen LogP contribution in [0.2, 0.25) is 0 Å². The zero-order chi connectivity index (χ0) is 27.3. The highest BCUT2D eigenvalue weighted by molar-refractivity contribution is 5.64. The highest BCUT2D eigenvalue weighted by Crippen LogP contribution is 2.29. The minimum absolute atomic E-state index is 0.0892. The second-order valence-corrected chi connectivity index (χ2v) is 10.7. The summed E-state index contributed by atoms with van der Waals surface area (Å²) in [6.45, 7) is 19.4. The molecule has 0 aromatic heterocycles. The van der Waals surface area contributed by atoms with Crippen molar-refractivity contribution in [2.45, 2.75) is 92.6 Å². The first-order valence-corrected chi connectivity index (χ1v) is 12.9. The van der Waals surface area contributed by atoms with E-state index in [9.17, 15) is 20.1 Å². The van der Waals surface area contributed by atoms with Crippen LogP contribution in [0.4, 0.5) is 4.79 Å². The summed E-state index contributed by atoms with van der Waals surface area (Å²) in [4.78, 5) is 11.5. The van der Waals surface area contributed by atoms with E-state index in [1.54, 1.807) is 18.2 Å². The van der Waals surface area contributed by atoms with Crippen molar-refractivity contribution in [2.24, 2.45) is 41.2 Å². The Balaban J connectivity index is 5.18. The van der Waals surface area contributed by atoms with Crippen LogP contribution >= 0.6 is 0 Å². The maximum absolute atomic E-state index is 11.5. The lowest BCUT2D eigenvalue weighted by atomic mass is 9.81. The third-order valence-electron chi connectivity index (χ3n) is 6.58. The molecule has 5 N–H and O–H groups in total. The van der Waals surface area contributed by atoms with Gasteiger partial charge >= 0.3 is 6.09 Å². The van der Waals surface area contributed by atoms with Gasteiger partial charge in [0.25, 0.3) is 0 Å². The highest BCUT2D eigenvalue weighted by atomic mass is 16.6. The molecule has 0 rings (SSSR count). The predicted molar refractivity (Wildman–Crippen MR) is 145 cm³/mol. The van der Waals surface area contributed by atoms with E-state index in [4.69, 9.17) is 10.5 Å². The Morgan fingerprint density at radius 2 is 1.51 bits per heavy atom. The Bertz CT molecular complexity index is 714. The number of amides is 1. The van der Waals surface area contributed by atoms with Gasteiger partial charge in [-0.2, -0.15) is 0 Å². The molecule has 6 nitrogen and oxygen atoms in total. The Morgan fingerprint density at radius 1 is 0.914 bits per heavy atom. The molecule has 0 saturated heterocycles. The van der Waals surface area contributed by atoms with Gasteiger partial charge in [0.1, 0.15) is 6.10 Å². The van der Waals surface area contributed by atoms with Crippen LogP contribution in [0.25, 0.3) is 0 Å². The fraction of sp³-hybridized carbons (Fsp3) is 0.690. The smallest absolute Gasteiger partial charge is 0.404 e. The molecule has 0 spiro atoms. The fourth-order valence-corrected chi connectivity index (χ4v) is 4.61. The zero-order valence-electron chi connectivity index (χ0n) is 23.1. The van der Waals surface area contributed by atoms with Crippen LogP contribution in [0.1, 0.15) is 68.2 Å². The Morgan fingerprint density at radius 3 is 2.03 bits per heavy atom. The van der Waals surface area contributed by atoms with E-state index in [0.29, 0.717) is 18.8 Å². The molecule has 0 aliphatic heterocycles. The number of aliphatic hydroxyl groups is 3. The van der Waals surface area contributed by atoms with Gasteiger partial charge in [0.05, 0.1) is 18.3 Å². The van der Waals surface area contributed by atoms with E-state index in [1.807, 2.05) is 59.8 Å². The lowest BCUT2D eigenvalue weighted by Gasteiger charge is -2.33. The SMILES string of the molecule is C=CC=C[C@H](C)C(OC(N)=O)C(C)C(O)C(C)CC(C)=C[C@H](C)[C@@H](O)[C@@H](C)C=CC(O)CC(C)C. The first-order chi connectivity index (χ1) is 16.2. The summed E-state index contributed by atoms with van der Waals surface area (Å²) in [6, 6.07) is 0. The summed E-state index contributed by atoms with van der Waals surface area (Å²) < 4.78 is 5.35. The maximum atomic E-state index is 11.5. The van der Waals surface area contributed by atoms with Gasteiger partial charge in [-0.1, -0.05) is 97.1 Å². The maximum Gasteiger partial charge on any atom is 0.404 e. The number of carbonyl (C=O) groups excluding carboxylic acids is 1. The van der Waals surface area contributed by atoms with Crippen molar-refractivity contribution >= 4 is 6.09 Å². The average Bonchev–Trinajstić information content (AvgIpc) is 2.76. The summed E-state index contributed by atoms with van der Waals surface area (Å²) in [5, 5.41) is 31.8. The van der Waals surface area contributed by atoms with Crippen LogP contribution in [0.3, 0.4) is 0 Å². The molecular formula is C29H51NO5. The number of rotatable bonds is 16. The number of carbonyl (C=O) groups is 1. The third-order valence-corrected chi connectivity index (χ3v) is 6.58. The molecule has 0 saturated carbocycles. The quantitative estimate of drug-likeness (QED) is 0.170. The van der Waals surface area contributed by atoms with E-state index < -0.39 is 30.5 Å². The van der Waals surface area contributed by atoms with Gasteiger partial charge in [-0.05, 0) is 31.6 Å². The van der Waals surface area contributed by atoms with Crippen molar-refractivity contribution in [1.82, 2.24) is 0 Å². The number of hydrogen-bond acceptors (Lipinski definition) is 5. The van der Waals surface area contributed by atoms with Crippen molar-refractivity contribution < 1.29 is 24.9 Å². The molecule has 0 radical (unpaired) electrons. The molecule has 0 bridgehead atoms. The summed E-state index contributed by atoms with van der Waals surface area (Å²) >= 11 is 0. The van der Waals surface area contributed by atoms with Gasteiger partial charge in [0.2, 0.25) is 0 Å². The minimum Gasteiger partial charge on any atom is -0.445 e. The normalized spacial score (nSPS) is 20.7. The molecule has 5 unspecified atom stereocenters. The van der Waals surface area contributed by atoms with Crippen LogP contribution in [0.15, 0.2) is 48.6 Å². The summed E-state index contributed by atoms with van der Waals surface area (Å²) in [7, 11) is 0. The van der Waals surface area contributed by atoms with Gasteiger partial charge in [-0.3, -0.25) is 0 Å². The summed E-state index contributed by atoms with van der Waals surface area (Å²) in [6.07, 6.45) is 9.11. The van der Waals surface area contributed by atoms with E-state index in [1.165, 1.54) is 0 Å². The van der Waals surface area contributed by atoms with E-state index in [2.05, 4.69) is 20.4 Å². The monoisotopic (exact) mass is 493 g/mol. The summed E-state index contributed by atoms with van der Waals surface area (Å²) in [5.41, 5.74) is 6.35. The van der Waals surface area contributed by atoms with Crippen LogP contribution in [-0.2, 0) is 4.74 Å². The number of aliphatic hydroxyl groups excluding tert-OH is 3. The average molecular weight is 494 g/mol. The standard InChI is InChI=1S/C29H51NO5/c1-10-11-12-21(6)28(35-29(30)34)24(9)27(33)23(8)17-19(4)16-22(7)26(32)20(5)13-14-25(31)15-18(2)3/h10-14,16,18,20-28,31-33H,1,15,17H2,2-9H3,(H2,30,34)/t20-,21-,22-,23?,24?,25?,26-,27?,28?/m0/s1. The van der Waals surface area contributed by atoms with E-state index in [-0.39, 0.29) is 29.6 Å². The number of primary amides is 1. The lowest BCUT2D eigenvalue weighted by Crippen LogP contribution is -2.41. The first-order valence-electron chi connectivity index (χ1n) is 12.9. The van der Waals surface area contributed by atoms with E-state index in [0.717, 1.165) is 5.57 Å². The second-order valence-electron chi connectivity index (χ2n) is 10.7. The highest BCUT2D eigenvalue weighted by Gasteiger charge is 2.33. The number of ether oxygens (including phenoxy) is 1. The molecular weight excluding hydrogens is 442 g/mol. The number of nitrogens with two attached hydrogens (primary N) is 1. The van der Waals surface area contributed by atoms with Crippen LogP contribution in [0, 0.1) is 35.5 Å². The molecule has 0 fully saturated rings. The molecule has 35 heavy (non-hydrogen) atoms. The topological polar surface area (TPSA) is 113 Å². The number of allylic oxidation sites excluding steroid dienone is 3. The minimum atomic E-state index is -0.862. The Labute approximate surface area is 213 Å². The fourth-order valence-electron chi connectivity index (χ4n) is 4.61. The summed E-state index contributed by atoms with van der Waals surface area (Å²) in [5.74, 6) is -0.352. The Hall–Kier alpha value is -1.89. The largest absolute Gasteiger partial charge is 0.445 e. The van der Waals surface area contributed by atoms with Gasteiger partial charge in [-0.15, -0.1) is 0 Å². The van der Waals surface area contributed by atoms with E-state index >= 15 is 0 Å². The lowest BCUT2D eigenvalue weighted by molar-refractivity contribution is -0.0266. The van der Waals surface area contributed by atoms with Crippen molar-refractivity contribution in [3.8, 4) is 0 Å². The zero-order valence-corrected chi connectivity index (χ0v) is 23.1. The molecule has 0 aromatic rings. The van der Waals surface area contributed by atoms with Crippen LogP contribution in [-0.4, -0.2) is 45.8 Å². The van der Waals surface area contributed by atoms with Crippen LogP contribution < -0.4 is 5.73 Å². The molecule has 202 valence electrons. The Kier molecular flexibility index (Phi) is 15.8. The molecule has 0 aliphatic carbocycles. The molecule has 0 aromatic carbocycles. The molecule has 6 heteroatoms. The van der Waals surface area contributed by atoms with Crippen molar-refractivity contribution in [1.29, 1.82) is 0 Å². The van der Waals surface area contributed by atoms with Crippen LogP contribution in [0.5, 0.6) is 0 Å². The first kappa shape index (κ1) is 33.1. The van der Waals surface area contributed by atoms with Crippen molar-refractivity contribution in [3.05, 3.63) is 48.6 Å². The molecule has 9 atom stereocenters. The van der Waals surface area contributed by atoms with Gasteiger partial charge in [0, 0.05) is 23.7 Å². The predicted octanol–water partition coefficient (Wildman–Crippen LogP) is 5.39. The number of hydrogen-bond donors (Lipinski definition) is 4. The van der Waals surface area contributed by atoms with Gasteiger partial charge in [0.15, 0.2) is 0 Å². The van der Waals surface area contributed by atoms with Gasteiger partial charge < -0.3 is 25.8 Å². The molecule has 0 heterocycles. The molecule has 0 aliphatic rings. The third kappa shape index (κ3) is 13.1. The van der Waals surface area contributed by atoms with Crippen molar-refractivity contribution in [2.75, 3.05) is 0 Å². The second kappa shape index (κ2) is 16.7. The van der Waals surface area contributed by atoms with Gasteiger partial charge in [-0.25, -0.2) is 4.79 Å². The molecule has 1 amide bonds.